The van der Waals surface area contributed by atoms with Gasteiger partial charge in [-0.3, -0.25) is 4.79 Å². The Balaban J connectivity index is 2.02. The van der Waals surface area contributed by atoms with Crippen LogP contribution in [0.1, 0.15) is 48.7 Å². The van der Waals surface area contributed by atoms with E-state index in [9.17, 15) is 4.79 Å². The number of carbonyl (C=O) groups is 1. The number of likely N-dealkylation sites (N-methyl/N-ethyl adjacent to an activating group) is 1. The zero-order valence-electron chi connectivity index (χ0n) is 14.3. The molecule has 8 heteroatoms. The number of nitrogens with zero attached hydrogens (tertiary/aromatic N) is 4. The zero-order chi connectivity index (χ0) is 16.8. The smallest absolute Gasteiger partial charge is 0.243 e. The number of carbonyl (C=O) groups excluding carboxylic acids is 1. The normalized spacial score (nSPS) is 17.1. The van der Waals surface area contributed by atoms with Gasteiger partial charge in [-0.15, -0.1) is 10.2 Å². The van der Waals surface area contributed by atoms with Crippen LogP contribution in [0, 0.1) is 6.92 Å². The van der Waals surface area contributed by atoms with Crippen LogP contribution in [0.3, 0.4) is 0 Å². The van der Waals surface area contributed by atoms with E-state index >= 15 is 0 Å². The number of hydrogen-bond donors (Lipinski definition) is 2. The summed E-state index contributed by atoms with van der Waals surface area (Å²) in [6, 6.07) is 0.433. The summed E-state index contributed by atoms with van der Waals surface area (Å²) in [6.07, 6.45) is 4.78. The van der Waals surface area contributed by atoms with Crippen LogP contribution in [0.25, 0.3) is 0 Å². The Bertz CT molecular complexity index is 550. The maximum atomic E-state index is 11.8. The fraction of sp³-hybridized carbons (Fsp3) is 0.733. The first-order valence-electron chi connectivity index (χ1n) is 8.03. The van der Waals surface area contributed by atoms with E-state index in [0.29, 0.717) is 12.0 Å². The number of aryl methyl sites for hydroxylation is 1. The molecule has 2 rings (SSSR count). The van der Waals surface area contributed by atoms with Crippen LogP contribution in [0.2, 0.25) is 0 Å². The van der Waals surface area contributed by atoms with Crippen molar-refractivity contribution in [3.8, 4) is 0 Å². The van der Waals surface area contributed by atoms with Crippen LogP contribution >= 0.6 is 11.3 Å². The summed E-state index contributed by atoms with van der Waals surface area (Å²) < 4.78 is 0. The summed E-state index contributed by atoms with van der Waals surface area (Å²) >= 11 is 1.57. The molecule has 1 aromatic rings. The highest BCUT2D eigenvalue weighted by molar-refractivity contribution is 7.11. The van der Waals surface area contributed by atoms with E-state index in [1.165, 1.54) is 12.8 Å². The maximum absolute atomic E-state index is 11.8. The monoisotopic (exact) mass is 338 g/mol. The SMILES string of the molecule is Cc1nnc(C(C)NC(=NCC(=O)N(C)C)NC2CCCC2)s1. The van der Waals surface area contributed by atoms with Crippen LogP contribution in [-0.4, -0.2) is 53.6 Å². The fourth-order valence-corrected chi connectivity index (χ4v) is 3.14. The minimum Gasteiger partial charge on any atom is -0.354 e. The summed E-state index contributed by atoms with van der Waals surface area (Å²) in [4.78, 5) is 17.8. The molecule has 1 aliphatic rings. The fourth-order valence-electron chi connectivity index (χ4n) is 2.44. The molecular formula is C15H26N6OS. The van der Waals surface area contributed by atoms with Crippen LogP contribution < -0.4 is 10.6 Å². The summed E-state index contributed by atoms with van der Waals surface area (Å²) in [5, 5.41) is 16.9. The molecule has 7 nitrogen and oxygen atoms in total. The molecule has 2 N–H and O–H groups in total. The Morgan fingerprint density at radius 3 is 2.65 bits per heavy atom. The lowest BCUT2D eigenvalue weighted by Crippen LogP contribution is -2.44. The predicted molar refractivity (Wildman–Crippen MR) is 92.6 cm³/mol. The van der Waals surface area contributed by atoms with Gasteiger partial charge >= 0.3 is 0 Å². The number of aromatic nitrogens is 2. The van der Waals surface area contributed by atoms with Gasteiger partial charge in [0.2, 0.25) is 5.91 Å². The first-order chi connectivity index (χ1) is 11.0. The molecule has 1 aromatic heterocycles. The van der Waals surface area contributed by atoms with Crippen LogP contribution in [0.5, 0.6) is 0 Å². The predicted octanol–water partition coefficient (Wildman–Crippen LogP) is 1.47. The van der Waals surface area contributed by atoms with Crippen molar-refractivity contribution in [3.05, 3.63) is 10.0 Å². The second kappa shape index (κ2) is 8.24. The van der Waals surface area contributed by atoms with E-state index in [-0.39, 0.29) is 18.5 Å². The standard InChI is InChI=1S/C15H26N6OS/c1-10(14-20-19-11(2)23-14)17-15(16-9-13(22)21(3)4)18-12-7-5-6-8-12/h10,12H,5-9H2,1-4H3,(H2,16,17,18). The number of amides is 1. The van der Waals surface area contributed by atoms with Gasteiger partial charge in [-0.1, -0.05) is 24.2 Å². The van der Waals surface area contributed by atoms with Crippen LogP contribution in [0.15, 0.2) is 4.99 Å². The van der Waals surface area contributed by atoms with E-state index < -0.39 is 0 Å². The molecule has 0 aromatic carbocycles. The number of rotatable bonds is 5. The van der Waals surface area contributed by atoms with E-state index in [1.807, 2.05) is 13.8 Å². The number of guanidine groups is 1. The van der Waals surface area contributed by atoms with Crippen molar-refractivity contribution < 1.29 is 4.79 Å². The lowest BCUT2D eigenvalue weighted by molar-refractivity contribution is -0.127. The van der Waals surface area contributed by atoms with Gasteiger partial charge in [0.1, 0.15) is 16.6 Å². The Kier molecular flexibility index (Phi) is 6.32. The van der Waals surface area contributed by atoms with Gasteiger partial charge in [0, 0.05) is 20.1 Å². The van der Waals surface area contributed by atoms with Crippen molar-refractivity contribution >= 4 is 23.2 Å². The third-order valence-corrected chi connectivity index (χ3v) is 4.85. The highest BCUT2D eigenvalue weighted by Gasteiger charge is 2.19. The summed E-state index contributed by atoms with van der Waals surface area (Å²) in [5.74, 6) is 0.657. The molecule has 128 valence electrons. The van der Waals surface area contributed by atoms with Gasteiger partial charge in [0.05, 0.1) is 6.04 Å². The number of aliphatic imine (C=N–C) groups is 1. The molecule has 23 heavy (non-hydrogen) atoms. The molecule has 1 atom stereocenters. The molecular weight excluding hydrogens is 312 g/mol. The third-order valence-electron chi connectivity index (χ3n) is 3.83. The third kappa shape index (κ3) is 5.46. The second-order valence-electron chi connectivity index (χ2n) is 6.10. The van der Waals surface area contributed by atoms with Crippen molar-refractivity contribution in [2.75, 3.05) is 20.6 Å². The van der Waals surface area contributed by atoms with E-state index in [2.05, 4.69) is 25.8 Å². The minimum atomic E-state index is -0.0167. The van der Waals surface area contributed by atoms with Gasteiger partial charge in [0.25, 0.3) is 0 Å². The molecule has 1 heterocycles. The Labute approximate surface area is 141 Å². The summed E-state index contributed by atoms with van der Waals surface area (Å²) in [5.41, 5.74) is 0. The molecule has 0 aliphatic heterocycles. The van der Waals surface area contributed by atoms with Crippen molar-refractivity contribution in [3.63, 3.8) is 0 Å². The zero-order valence-corrected chi connectivity index (χ0v) is 15.1. The Morgan fingerprint density at radius 2 is 2.09 bits per heavy atom. The van der Waals surface area contributed by atoms with Crippen LogP contribution in [0.4, 0.5) is 0 Å². The van der Waals surface area contributed by atoms with E-state index in [4.69, 9.17) is 0 Å². The highest BCUT2D eigenvalue weighted by atomic mass is 32.1. The topological polar surface area (TPSA) is 82.5 Å². The quantitative estimate of drug-likeness (QED) is 0.628. The number of nitrogens with one attached hydrogen (secondary N) is 2. The van der Waals surface area contributed by atoms with Crippen LogP contribution in [-0.2, 0) is 4.79 Å². The maximum Gasteiger partial charge on any atom is 0.243 e. The van der Waals surface area contributed by atoms with E-state index in [1.54, 1.807) is 30.3 Å². The molecule has 1 aliphatic carbocycles. The highest BCUT2D eigenvalue weighted by Crippen LogP contribution is 2.19. The Hall–Kier alpha value is -1.70. The minimum absolute atomic E-state index is 0.00307. The average molecular weight is 338 g/mol. The average Bonchev–Trinajstić information content (AvgIpc) is 3.15. The summed E-state index contributed by atoms with van der Waals surface area (Å²) in [6.45, 7) is 4.10. The molecule has 1 amide bonds. The lowest BCUT2D eigenvalue weighted by Gasteiger charge is -2.20. The molecule has 1 unspecified atom stereocenters. The molecule has 0 radical (unpaired) electrons. The van der Waals surface area contributed by atoms with Crippen molar-refractivity contribution in [1.82, 2.24) is 25.7 Å². The molecule has 1 fully saturated rings. The van der Waals surface area contributed by atoms with Gasteiger partial charge in [-0.25, -0.2) is 4.99 Å². The second-order valence-corrected chi connectivity index (χ2v) is 7.32. The van der Waals surface area contributed by atoms with Gasteiger partial charge in [-0.05, 0) is 26.7 Å². The lowest BCUT2D eigenvalue weighted by atomic mass is 10.2. The van der Waals surface area contributed by atoms with E-state index in [0.717, 1.165) is 22.9 Å². The van der Waals surface area contributed by atoms with Gasteiger partial charge < -0.3 is 15.5 Å². The van der Waals surface area contributed by atoms with Crippen molar-refractivity contribution in [2.24, 2.45) is 4.99 Å². The van der Waals surface area contributed by atoms with Crippen molar-refractivity contribution in [2.45, 2.75) is 51.6 Å². The largest absolute Gasteiger partial charge is 0.354 e. The first kappa shape index (κ1) is 17.7. The van der Waals surface area contributed by atoms with Crippen molar-refractivity contribution in [1.29, 1.82) is 0 Å². The number of hydrogen-bond acceptors (Lipinski definition) is 5. The van der Waals surface area contributed by atoms with Gasteiger partial charge in [0.15, 0.2) is 5.96 Å². The summed E-state index contributed by atoms with van der Waals surface area (Å²) in [7, 11) is 3.48. The molecule has 0 spiro atoms. The molecule has 0 saturated heterocycles. The molecule has 1 saturated carbocycles. The molecule has 0 bridgehead atoms. The first-order valence-corrected chi connectivity index (χ1v) is 8.85. The Morgan fingerprint density at radius 1 is 1.39 bits per heavy atom. The van der Waals surface area contributed by atoms with Gasteiger partial charge in [-0.2, -0.15) is 0 Å².